The molecule has 2 aliphatic rings. The van der Waals surface area contributed by atoms with Gasteiger partial charge < -0.3 is 9.05 Å². The van der Waals surface area contributed by atoms with E-state index in [-0.39, 0.29) is 0 Å². The van der Waals surface area contributed by atoms with E-state index in [1.165, 1.54) is 0 Å². The summed E-state index contributed by atoms with van der Waals surface area (Å²) < 4.78 is 16.0. The minimum atomic E-state index is -1.31. The van der Waals surface area contributed by atoms with Gasteiger partial charge in [-0.05, 0) is 0 Å². The maximum atomic E-state index is 5.23. The molecule has 1 aromatic rings. The van der Waals surface area contributed by atoms with Gasteiger partial charge in [0.05, 0.1) is 12.0 Å². The summed E-state index contributed by atoms with van der Waals surface area (Å²) in [5, 5.41) is 0.604. The van der Waals surface area contributed by atoms with Crippen LogP contribution in [0.3, 0.4) is 0 Å². The first kappa shape index (κ1) is 7.08. The van der Waals surface area contributed by atoms with Crippen LogP contribution in [0.2, 0.25) is 0 Å². The number of hydrogen-bond acceptors (Lipinski definition) is 6. The zero-order valence-corrected chi connectivity index (χ0v) is 7.96. The van der Waals surface area contributed by atoms with Gasteiger partial charge in [0.25, 0.3) is 0 Å². The van der Waals surface area contributed by atoms with Crippen molar-refractivity contribution in [1.82, 2.24) is 9.97 Å². The van der Waals surface area contributed by atoms with Crippen molar-refractivity contribution < 1.29 is 13.0 Å². The summed E-state index contributed by atoms with van der Waals surface area (Å²) in [6.45, 7) is 0. The fourth-order valence-corrected chi connectivity index (χ4v) is 2.88. The molecule has 1 aromatic heterocycles. The van der Waals surface area contributed by atoms with Crippen LogP contribution in [-0.2, 0) is 3.97 Å². The zero-order valence-electron chi connectivity index (χ0n) is 5.44. The smallest absolute Gasteiger partial charge is 0.408 e. The Morgan fingerprint density at radius 3 is 3.33 bits per heavy atom. The van der Waals surface area contributed by atoms with Crippen molar-refractivity contribution in [2.75, 3.05) is 0 Å². The highest BCUT2D eigenvalue weighted by Gasteiger charge is 2.35. The molecule has 3 rings (SSSR count). The van der Waals surface area contributed by atoms with Gasteiger partial charge in [0.1, 0.15) is 0 Å². The summed E-state index contributed by atoms with van der Waals surface area (Å²) in [7, 11) is -1.31. The van der Waals surface area contributed by atoms with E-state index < -0.39 is 8.60 Å². The molecule has 12 heavy (non-hydrogen) atoms. The highest BCUT2D eigenvalue weighted by atomic mass is 32.2. The van der Waals surface area contributed by atoms with Crippen LogP contribution in [0.15, 0.2) is 5.16 Å². The predicted molar refractivity (Wildman–Crippen MR) is 44.5 cm³/mol. The van der Waals surface area contributed by atoms with Gasteiger partial charge in [-0.1, -0.05) is 12.2 Å². The Labute approximate surface area is 77.7 Å². The molecule has 62 valence electrons. The second kappa shape index (κ2) is 2.32. The predicted octanol–water partition coefficient (Wildman–Crippen LogP) is 2.17. The monoisotopic (exact) mass is 220 g/mol. The molecule has 0 aliphatic carbocycles. The molecule has 8 heteroatoms. The average molecular weight is 220 g/mol. The van der Waals surface area contributed by atoms with E-state index in [4.69, 9.17) is 25.2 Å². The van der Waals surface area contributed by atoms with Crippen molar-refractivity contribution in [3.8, 4) is 11.6 Å². The molecule has 3 heterocycles. The van der Waals surface area contributed by atoms with Crippen LogP contribution in [-0.4, -0.2) is 9.97 Å². The van der Waals surface area contributed by atoms with E-state index in [0.29, 0.717) is 21.4 Å². The van der Waals surface area contributed by atoms with Crippen LogP contribution < -0.4 is 9.05 Å². The van der Waals surface area contributed by atoms with E-state index in [2.05, 4.69) is 9.97 Å². The highest BCUT2D eigenvalue weighted by molar-refractivity contribution is 7.97. The van der Waals surface area contributed by atoms with Crippen LogP contribution in [0.4, 0.5) is 0 Å². The van der Waals surface area contributed by atoms with Crippen molar-refractivity contribution in [2.24, 2.45) is 0 Å². The Bertz CT molecular complexity index is 408. The largest absolute Gasteiger partial charge is 0.477 e. The van der Waals surface area contributed by atoms with Crippen molar-refractivity contribution >= 4 is 32.9 Å². The minimum absolute atomic E-state index is 0.416. The van der Waals surface area contributed by atoms with Gasteiger partial charge in [-0.3, -0.25) is 4.98 Å². The second-order valence-corrected chi connectivity index (χ2v) is 4.42. The number of hydrogen-bond donors (Lipinski definition) is 1. The number of aromatic nitrogens is 2. The zero-order chi connectivity index (χ0) is 8.13. The summed E-state index contributed by atoms with van der Waals surface area (Å²) in [4.78, 5) is 6.89. The second-order valence-electron chi connectivity index (χ2n) is 2.07. The Balaban J connectivity index is 2.37. The van der Waals surface area contributed by atoms with Gasteiger partial charge in [-0.2, -0.15) is 0 Å². The lowest BCUT2D eigenvalue weighted by molar-refractivity contribution is 0.466. The van der Waals surface area contributed by atoms with Gasteiger partial charge in [0.15, 0.2) is 9.80 Å². The minimum Gasteiger partial charge on any atom is -0.408 e. The third-order valence-electron chi connectivity index (χ3n) is 1.33. The van der Waals surface area contributed by atoms with E-state index in [1.807, 2.05) is 0 Å². The number of nitrogens with one attached hydrogen (secondary N) is 1. The van der Waals surface area contributed by atoms with Gasteiger partial charge in [-0.25, -0.2) is 8.95 Å². The normalized spacial score (nSPS) is 23.2. The Morgan fingerprint density at radius 2 is 2.42 bits per heavy atom. The molecule has 0 aromatic carbocycles. The van der Waals surface area contributed by atoms with E-state index in [0.717, 1.165) is 12.0 Å². The maximum absolute atomic E-state index is 5.23. The number of H-pyrrole nitrogens is 1. The molecule has 5 nitrogen and oxygen atoms in total. The average Bonchev–Trinajstić information content (AvgIpc) is 2.33. The summed E-state index contributed by atoms with van der Waals surface area (Å²) in [5.74, 6) is 1.02. The maximum Gasteiger partial charge on any atom is 0.477 e. The van der Waals surface area contributed by atoms with Crippen LogP contribution in [0.1, 0.15) is 0 Å². The lowest BCUT2D eigenvalue weighted by Crippen LogP contribution is -1.90. The number of rotatable bonds is 0. The van der Waals surface area contributed by atoms with Gasteiger partial charge in [-0.15, -0.1) is 0 Å². The molecule has 3 bridgehead atoms. The molecule has 0 radical (unpaired) electrons. The first-order chi connectivity index (χ1) is 5.83. The molecule has 0 saturated heterocycles. The molecular weight excluding hydrogens is 219 g/mol. The number of fused-ring (bicyclic) bond motifs is 2. The van der Waals surface area contributed by atoms with E-state index >= 15 is 0 Å². The summed E-state index contributed by atoms with van der Waals surface area (Å²) in [6.07, 6.45) is 0. The van der Waals surface area contributed by atoms with Crippen LogP contribution in [0.5, 0.6) is 11.6 Å². The molecule has 1 N–H and O–H groups in total. The summed E-state index contributed by atoms with van der Waals surface area (Å²) in [6, 6.07) is 0. The SMILES string of the molecule is S=c1nc2[nH]c3c1OP(OS2)O3. The van der Waals surface area contributed by atoms with Crippen molar-refractivity contribution in [2.45, 2.75) is 5.16 Å². The molecule has 1 unspecified atom stereocenters. The quantitative estimate of drug-likeness (QED) is 0.313. The molecule has 1 atom stereocenters. The first-order valence-electron chi connectivity index (χ1n) is 2.98. The van der Waals surface area contributed by atoms with Gasteiger partial charge >= 0.3 is 8.60 Å². The van der Waals surface area contributed by atoms with E-state index in [9.17, 15) is 0 Å². The fourth-order valence-electron chi connectivity index (χ4n) is 0.870. The summed E-state index contributed by atoms with van der Waals surface area (Å²) in [5.41, 5.74) is 0. The van der Waals surface area contributed by atoms with E-state index in [1.54, 1.807) is 0 Å². The molecule has 2 aliphatic heterocycles. The standard InChI is InChI=1S/C4HN2O3PS2/c11-3-1-2-5-4(6-3)12-9-10(7-1)8-2/h(H,5,6,11). The number of aromatic amines is 1. The Hall–Kier alpha value is -0.360. The fraction of sp³-hybridized carbons (Fsp3) is 0. The van der Waals surface area contributed by atoms with Gasteiger partial charge in [0, 0.05) is 0 Å². The van der Waals surface area contributed by atoms with Gasteiger partial charge in [0.2, 0.25) is 11.6 Å². The molecule has 0 fully saturated rings. The van der Waals surface area contributed by atoms with Crippen LogP contribution in [0.25, 0.3) is 0 Å². The molecule has 0 amide bonds. The number of nitrogens with zero attached hydrogens (tertiary/aromatic N) is 1. The third kappa shape index (κ3) is 0.877. The van der Waals surface area contributed by atoms with Crippen LogP contribution >= 0.6 is 32.9 Å². The Kier molecular flexibility index (Phi) is 1.37. The lowest BCUT2D eigenvalue weighted by Gasteiger charge is -2.04. The van der Waals surface area contributed by atoms with Crippen molar-refractivity contribution in [3.63, 3.8) is 0 Å². The first-order valence-corrected chi connectivity index (χ1v) is 5.22. The molecular formula is C4HN2O3PS2. The molecule has 0 saturated carbocycles. The topological polar surface area (TPSA) is 56.4 Å². The summed E-state index contributed by atoms with van der Waals surface area (Å²) >= 11 is 6.04. The Morgan fingerprint density at radius 1 is 1.50 bits per heavy atom. The third-order valence-corrected chi connectivity index (χ3v) is 3.41. The van der Waals surface area contributed by atoms with Crippen molar-refractivity contribution in [3.05, 3.63) is 4.64 Å². The van der Waals surface area contributed by atoms with Crippen LogP contribution in [0, 0.1) is 4.64 Å². The molecule has 0 spiro atoms. The van der Waals surface area contributed by atoms with Crippen molar-refractivity contribution in [1.29, 1.82) is 0 Å². The highest BCUT2D eigenvalue weighted by Crippen LogP contribution is 2.57. The lowest BCUT2D eigenvalue weighted by atomic mass is 10.6.